The van der Waals surface area contributed by atoms with Crippen molar-refractivity contribution < 1.29 is 8.42 Å². The molecule has 2 rings (SSSR count). The fraction of sp³-hybridized carbons (Fsp3) is 0.600. The largest absolute Gasteiger partial charge is 0.326 e. The Morgan fingerprint density at radius 2 is 2.19 bits per heavy atom. The highest BCUT2D eigenvalue weighted by Crippen LogP contribution is 2.24. The van der Waals surface area contributed by atoms with Crippen LogP contribution in [0.2, 0.25) is 0 Å². The summed E-state index contributed by atoms with van der Waals surface area (Å²) in [7, 11) is -3.03. The third-order valence-corrected chi connectivity index (χ3v) is 7.36. The molecule has 1 fully saturated rings. The lowest BCUT2D eigenvalue weighted by molar-refractivity contribution is 0.261. The minimum Gasteiger partial charge on any atom is -0.326 e. The topological polar surface area (TPSA) is 63.4 Å². The maximum absolute atomic E-state index is 12.3. The zero-order valence-electron chi connectivity index (χ0n) is 12.7. The van der Waals surface area contributed by atoms with Gasteiger partial charge in [-0.2, -0.15) is 11.8 Å². The van der Waals surface area contributed by atoms with Crippen molar-refractivity contribution in [1.29, 1.82) is 0 Å². The maximum atomic E-state index is 12.3. The zero-order valence-corrected chi connectivity index (χ0v) is 14.3. The lowest BCUT2D eigenvalue weighted by atomic mass is 10.0. The van der Waals surface area contributed by atoms with Crippen molar-refractivity contribution in [2.24, 2.45) is 5.73 Å². The van der Waals surface area contributed by atoms with Crippen molar-refractivity contribution in [3.05, 3.63) is 34.9 Å². The van der Waals surface area contributed by atoms with Gasteiger partial charge in [0.25, 0.3) is 0 Å². The number of hydrogen-bond donors (Lipinski definition) is 1. The second-order valence-corrected chi connectivity index (χ2v) is 9.01. The second kappa shape index (κ2) is 7.13. The van der Waals surface area contributed by atoms with Gasteiger partial charge in [0.1, 0.15) is 5.37 Å². The third-order valence-electron chi connectivity index (χ3n) is 4.02. The van der Waals surface area contributed by atoms with E-state index in [1.165, 1.54) is 11.1 Å². The monoisotopic (exact) mass is 328 g/mol. The van der Waals surface area contributed by atoms with Gasteiger partial charge in [0.15, 0.2) is 9.84 Å². The number of thioether (sulfide) groups is 1. The summed E-state index contributed by atoms with van der Waals surface area (Å²) >= 11 is 1.73. The molecule has 0 aromatic heterocycles. The second-order valence-electron chi connectivity index (χ2n) is 5.42. The van der Waals surface area contributed by atoms with E-state index < -0.39 is 9.84 Å². The fourth-order valence-corrected chi connectivity index (χ4v) is 5.68. The molecule has 0 spiro atoms. The van der Waals surface area contributed by atoms with Crippen molar-refractivity contribution in [1.82, 2.24) is 4.90 Å². The van der Waals surface area contributed by atoms with Crippen LogP contribution in [-0.4, -0.2) is 42.5 Å². The van der Waals surface area contributed by atoms with Crippen LogP contribution in [0.3, 0.4) is 0 Å². The van der Waals surface area contributed by atoms with Crippen LogP contribution in [-0.2, 0) is 22.9 Å². The van der Waals surface area contributed by atoms with Gasteiger partial charge in [-0.1, -0.05) is 25.1 Å². The Morgan fingerprint density at radius 3 is 2.81 bits per heavy atom. The van der Waals surface area contributed by atoms with Gasteiger partial charge in [0.2, 0.25) is 0 Å². The van der Waals surface area contributed by atoms with Gasteiger partial charge in [-0.25, -0.2) is 8.42 Å². The molecule has 1 aromatic carbocycles. The molecular formula is C15H24N2O2S2. The summed E-state index contributed by atoms with van der Waals surface area (Å²) in [5, 5.41) is -0.352. The van der Waals surface area contributed by atoms with Crippen LogP contribution >= 0.6 is 11.8 Å². The molecule has 1 aliphatic rings. The van der Waals surface area contributed by atoms with Crippen molar-refractivity contribution in [3.8, 4) is 0 Å². The summed E-state index contributed by atoms with van der Waals surface area (Å²) in [5.41, 5.74) is 9.15. The molecule has 1 heterocycles. The quantitative estimate of drug-likeness (QED) is 0.892. The van der Waals surface area contributed by atoms with Gasteiger partial charge in [0.05, 0.1) is 0 Å². The summed E-state index contributed by atoms with van der Waals surface area (Å²) < 4.78 is 24.5. The predicted molar refractivity (Wildman–Crippen MR) is 90.1 cm³/mol. The van der Waals surface area contributed by atoms with Crippen LogP contribution in [0.1, 0.15) is 23.6 Å². The Bertz CT molecular complexity index is 587. The van der Waals surface area contributed by atoms with Gasteiger partial charge >= 0.3 is 0 Å². The molecule has 1 aliphatic heterocycles. The highest BCUT2D eigenvalue weighted by Gasteiger charge is 2.32. The molecular weight excluding hydrogens is 304 g/mol. The van der Waals surface area contributed by atoms with Crippen LogP contribution in [0.4, 0.5) is 0 Å². The Kier molecular flexibility index (Phi) is 5.71. The van der Waals surface area contributed by atoms with E-state index in [2.05, 4.69) is 24.0 Å². The van der Waals surface area contributed by atoms with Gasteiger partial charge in [0, 0.05) is 36.9 Å². The van der Waals surface area contributed by atoms with Crippen LogP contribution in [0.15, 0.2) is 18.2 Å². The van der Waals surface area contributed by atoms with Crippen LogP contribution < -0.4 is 5.73 Å². The SMILES string of the molecule is CCS(=O)(=O)C1CSCCN1Cc1ccc(CN)cc1C. The van der Waals surface area contributed by atoms with Crippen molar-refractivity contribution in [3.63, 3.8) is 0 Å². The number of nitrogens with zero attached hydrogens (tertiary/aromatic N) is 1. The van der Waals surface area contributed by atoms with E-state index in [0.717, 1.165) is 17.9 Å². The normalized spacial score (nSPS) is 20.6. The Hall–Kier alpha value is -0.560. The molecule has 6 heteroatoms. The number of sulfone groups is 1. The van der Waals surface area contributed by atoms with E-state index >= 15 is 0 Å². The van der Waals surface area contributed by atoms with E-state index in [1.54, 1.807) is 18.7 Å². The first kappa shape index (κ1) is 16.8. The zero-order chi connectivity index (χ0) is 15.5. The molecule has 2 N–H and O–H groups in total. The molecule has 0 radical (unpaired) electrons. The van der Waals surface area contributed by atoms with Gasteiger partial charge in [-0.05, 0) is 23.6 Å². The van der Waals surface area contributed by atoms with Gasteiger partial charge < -0.3 is 5.73 Å². The predicted octanol–water partition coefficient (Wildman–Crippen LogP) is 1.76. The number of nitrogens with two attached hydrogens (primary N) is 1. The molecule has 1 unspecified atom stereocenters. The fourth-order valence-electron chi connectivity index (χ4n) is 2.60. The molecule has 4 nitrogen and oxygen atoms in total. The number of benzene rings is 1. The number of rotatable bonds is 5. The maximum Gasteiger partial charge on any atom is 0.166 e. The third kappa shape index (κ3) is 4.00. The molecule has 1 saturated heterocycles. The van der Waals surface area contributed by atoms with Gasteiger partial charge in [-0.15, -0.1) is 0 Å². The number of aryl methyl sites for hydroxylation is 1. The van der Waals surface area contributed by atoms with E-state index in [-0.39, 0.29) is 11.1 Å². The Morgan fingerprint density at radius 1 is 1.43 bits per heavy atom. The summed E-state index contributed by atoms with van der Waals surface area (Å²) in [6.45, 7) is 5.85. The minimum atomic E-state index is -3.03. The average molecular weight is 329 g/mol. The van der Waals surface area contributed by atoms with E-state index in [4.69, 9.17) is 5.73 Å². The molecule has 1 aromatic rings. The molecule has 0 saturated carbocycles. The molecule has 0 bridgehead atoms. The number of hydrogen-bond acceptors (Lipinski definition) is 5. The lowest BCUT2D eigenvalue weighted by Gasteiger charge is -2.35. The highest BCUT2D eigenvalue weighted by atomic mass is 32.2. The van der Waals surface area contributed by atoms with Crippen molar-refractivity contribution in [2.45, 2.75) is 32.3 Å². The lowest BCUT2D eigenvalue weighted by Crippen LogP contribution is -2.47. The average Bonchev–Trinajstić information content (AvgIpc) is 2.49. The smallest absolute Gasteiger partial charge is 0.166 e. The summed E-state index contributed by atoms with van der Waals surface area (Å²) in [6, 6.07) is 6.20. The summed E-state index contributed by atoms with van der Waals surface area (Å²) in [4.78, 5) is 2.11. The first-order chi connectivity index (χ1) is 9.97. The Labute approximate surface area is 132 Å². The standard InChI is InChI=1S/C15H24N2O2S2/c1-3-21(18,19)15-11-20-7-6-17(15)10-14-5-4-13(9-16)8-12(14)2/h4-5,8,15H,3,6-7,9-11,16H2,1-2H3. The van der Waals surface area contributed by atoms with Crippen molar-refractivity contribution in [2.75, 3.05) is 23.8 Å². The summed E-state index contributed by atoms with van der Waals surface area (Å²) in [6.07, 6.45) is 0. The minimum absolute atomic E-state index is 0.208. The van der Waals surface area contributed by atoms with Crippen LogP contribution in [0.25, 0.3) is 0 Å². The van der Waals surface area contributed by atoms with Crippen molar-refractivity contribution >= 4 is 21.6 Å². The first-order valence-electron chi connectivity index (χ1n) is 7.29. The molecule has 118 valence electrons. The summed E-state index contributed by atoms with van der Waals surface area (Å²) in [5.74, 6) is 1.88. The molecule has 1 atom stereocenters. The van der Waals surface area contributed by atoms with E-state index in [9.17, 15) is 8.42 Å². The molecule has 21 heavy (non-hydrogen) atoms. The van der Waals surface area contributed by atoms with Gasteiger partial charge in [-0.3, -0.25) is 4.90 Å². The molecule has 0 amide bonds. The van der Waals surface area contributed by atoms with E-state index in [1.807, 2.05) is 6.07 Å². The highest BCUT2D eigenvalue weighted by molar-refractivity contribution is 8.01. The van der Waals surface area contributed by atoms with E-state index in [0.29, 0.717) is 18.8 Å². The van der Waals surface area contributed by atoms with Crippen LogP contribution in [0, 0.1) is 6.92 Å². The first-order valence-corrected chi connectivity index (χ1v) is 10.2. The van der Waals surface area contributed by atoms with Crippen LogP contribution in [0.5, 0.6) is 0 Å². The molecule has 0 aliphatic carbocycles. The Balaban J connectivity index is 2.20.